The fourth-order valence-electron chi connectivity index (χ4n) is 11.2. The number of hydrogen-bond donors (Lipinski definition) is 0. The average Bonchev–Trinajstić information content (AvgIpc) is 3.20. The molecule has 10 atom stereocenters. The van der Waals surface area contributed by atoms with E-state index < -0.39 is 5.60 Å². The van der Waals surface area contributed by atoms with Crippen LogP contribution in [0.25, 0.3) is 0 Å². The van der Waals surface area contributed by atoms with E-state index in [1.807, 2.05) is 6.92 Å². The van der Waals surface area contributed by atoms with E-state index in [1.165, 1.54) is 20.8 Å². The van der Waals surface area contributed by atoms with Gasteiger partial charge >= 0.3 is 17.9 Å². The second-order valence-electron chi connectivity index (χ2n) is 15.6. The Morgan fingerprint density at radius 3 is 1.98 bits per heavy atom. The molecule has 0 aromatic carbocycles. The molecule has 4 aliphatic rings. The summed E-state index contributed by atoms with van der Waals surface area (Å²) < 4.78 is 18.2. The minimum atomic E-state index is -0.813. The fraction of sp³-hybridized carbons (Fsp3) is 0.879. The molecule has 0 saturated heterocycles. The molecule has 41 heavy (non-hydrogen) atoms. The molecule has 4 fully saturated rings. The summed E-state index contributed by atoms with van der Waals surface area (Å²) in [6, 6.07) is 0. The topological polar surface area (TPSA) is 96.0 Å². The molecule has 230 valence electrons. The van der Waals surface area contributed by atoms with E-state index in [4.69, 9.17) is 14.2 Å². The maximum atomic E-state index is 12.6. The van der Waals surface area contributed by atoms with E-state index in [1.54, 1.807) is 7.85 Å². The molecule has 4 saturated carbocycles. The van der Waals surface area contributed by atoms with Gasteiger partial charge in [-0.05, 0) is 92.8 Å². The number of hydrogen-bond acceptors (Lipinski definition) is 7. The van der Waals surface area contributed by atoms with Crippen molar-refractivity contribution >= 4 is 31.4 Å². The lowest BCUT2D eigenvalue weighted by Gasteiger charge is -2.70. The normalized spacial score (nSPS) is 42.5. The molecule has 0 bridgehead atoms. The summed E-state index contributed by atoms with van der Waals surface area (Å²) in [7, 11) is 1.58. The van der Waals surface area contributed by atoms with Crippen LogP contribution in [0.1, 0.15) is 120 Å². The zero-order chi connectivity index (χ0) is 30.8. The van der Waals surface area contributed by atoms with Gasteiger partial charge in [0.05, 0.1) is 5.68 Å². The molecule has 5 unspecified atom stereocenters. The Bertz CT molecular complexity index is 1090. The van der Waals surface area contributed by atoms with Gasteiger partial charge < -0.3 is 19.0 Å². The summed E-state index contributed by atoms with van der Waals surface area (Å²) >= 11 is 0. The molecule has 4 rings (SSSR count). The highest BCUT2D eigenvalue weighted by molar-refractivity contribution is 6.57. The predicted octanol–water partition coefficient (Wildman–Crippen LogP) is 5.41. The molecular weight excluding hydrogens is 519 g/mol. The van der Waals surface area contributed by atoms with E-state index in [2.05, 4.69) is 34.6 Å². The number of carbonyl (C=O) groups excluding carboxylic acids is 4. The maximum Gasteiger partial charge on any atom is 0.303 e. The Balaban J connectivity index is 1.77. The third kappa shape index (κ3) is 5.17. The lowest BCUT2D eigenvalue weighted by Crippen LogP contribution is -2.67. The van der Waals surface area contributed by atoms with Gasteiger partial charge in [0.25, 0.3) is 0 Å². The summed E-state index contributed by atoms with van der Waals surface area (Å²) in [5.41, 5.74) is -1.03. The summed E-state index contributed by atoms with van der Waals surface area (Å²) in [6.45, 7) is 18.3. The number of esters is 3. The van der Waals surface area contributed by atoms with Gasteiger partial charge in [-0.25, -0.2) is 0 Å². The quantitative estimate of drug-likeness (QED) is 0.229. The van der Waals surface area contributed by atoms with E-state index in [0.29, 0.717) is 24.7 Å². The molecule has 0 radical (unpaired) electrons. The molecule has 0 aromatic heterocycles. The Morgan fingerprint density at radius 1 is 0.805 bits per heavy atom. The molecule has 0 spiro atoms. The molecule has 8 heteroatoms. The number of carbonyl (C=O) groups is 4. The first-order valence-electron chi connectivity index (χ1n) is 15.9. The number of ether oxygens (including phenoxy) is 3. The second-order valence-corrected chi connectivity index (χ2v) is 15.6. The van der Waals surface area contributed by atoms with Crippen LogP contribution in [-0.2, 0) is 33.4 Å². The van der Waals surface area contributed by atoms with Crippen molar-refractivity contribution in [2.45, 2.75) is 138 Å². The predicted molar refractivity (Wildman–Crippen MR) is 158 cm³/mol. The van der Waals surface area contributed by atoms with Gasteiger partial charge in [0.2, 0.25) is 0 Å². The van der Waals surface area contributed by atoms with Crippen molar-refractivity contribution in [2.24, 2.45) is 45.3 Å². The molecule has 0 heterocycles. The van der Waals surface area contributed by atoms with Gasteiger partial charge in [-0.2, -0.15) is 0 Å². The highest BCUT2D eigenvalue weighted by Gasteiger charge is 2.72. The fourth-order valence-corrected chi connectivity index (χ4v) is 11.2. The molecule has 0 N–H and O–H groups in total. The van der Waals surface area contributed by atoms with Gasteiger partial charge in [0.15, 0.2) is 7.85 Å². The third-order valence-corrected chi connectivity index (χ3v) is 13.1. The van der Waals surface area contributed by atoms with Gasteiger partial charge in [-0.15, -0.1) is 0 Å². The van der Waals surface area contributed by atoms with Crippen LogP contribution in [-0.4, -0.2) is 49.2 Å². The lowest BCUT2D eigenvalue weighted by atomic mass is 9.35. The van der Waals surface area contributed by atoms with Crippen molar-refractivity contribution in [1.29, 1.82) is 0 Å². The first-order chi connectivity index (χ1) is 18.8. The largest absolute Gasteiger partial charge is 0.462 e. The Labute approximate surface area is 248 Å². The van der Waals surface area contributed by atoms with Crippen LogP contribution in [0, 0.1) is 45.3 Å². The molecule has 7 nitrogen and oxygen atoms in total. The van der Waals surface area contributed by atoms with Gasteiger partial charge in [0, 0.05) is 38.0 Å². The minimum absolute atomic E-state index is 0.00360. The van der Waals surface area contributed by atoms with Crippen LogP contribution < -0.4 is 0 Å². The SMILES string of the molecule is BC(=O)CCC(C)(OC(C)=O)C1CC[C@]2(C)[C@@H]1C(OC(C)=O)CC1[C@@]3(C)CC[C@H](OC(C)=O)C(C)(C)C3CC[C@]12C. The summed E-state index contributed by atoms with van der Waals surface area (Å²) in [6.07, 6.45) is 6.95. The van der Waals surface area contributed by atoms with Crippen LogP contribution in [0.4, 0.5) is 0 Å². The van der Waals surface area contributed by atoms with Crippen LogP contribution >= 0.6 is 0 Å². The monoisotopic (exact) mass is 572 g/mol. The van der Waals surface area contributed by atoms with Gasteiger partial charge in [-0.3, -0.25) is 14.4 Å². The van der Waals surface area contributed by atoms with Crippen molar-refractivity contribution in [3.8, 4) is 0 Å². The van der Waals surface area contributed by atoms with E-state index in [9.17, 15) is 19.2 Å². The highest BCUT2D eigenvalue weighted by atomic mass is 16.6. The summed E-state index contributed by atoms with van der Waals surface area (Å²) in [4.78, 5) is 49.0. The van der Waals surface area contributed by atoms with Crippen LogP contribution in [0.2, 0.25) is 0 Å². The van der Waals surface area contributed by atoms with Crippen LogP contribution in [0.3, 0.4) is 0 Å². The lowest BCUT2D eigenvalue weighted by molar-refractivity contribution is -0.253. The zero-order valence-electron chi connectivity index (χ0n) is 27.2. The first kappa shape index (κ1) is 32.1. The number of fused-ring (bicyclic) bond motifs is 5. The van der Waals surface area contributed by atoms with Gasteiger partial charge in [-0.1, -0.05) is 34.6 Å². The molecule has 0 aromatic rings. The summed E-state index contributed by atoms with van der Waals surface area (Å²) in [5.74, 6) is -0.118. The molecule has 0 amide bonds. The Morgan fingerprint density at radius 2 is 1.41 bits per heavy atom. The highest BCUT2D eigenvalue weighted by Crippen LogP contribution is 2.76. The average molecular weight is 573 g/mol. The third-order valence-electron chi connectivity index (χ3n) is 13.1. The summed E-state index contributed by atoms with van der Waals surface area (Å²) in [5, 5.41) is 0. The van der Waals surface area contributed by atoms with Crippen LogP contribution in [0.15, 0.2) is 0 Å². The van der Waals surface area contributed by atoms with Crippen LogP contribution in [0.5, 0.6) is 0 Å². The van der Waals surface area contributed by atoms with Crippen molar-refractivity contribution < 1.29 is 33.4 Å². The molecule has 0 aliphatic heterocycles. The second kappa shape index (κ2) is 10.7. The van der Waals surface area contributed by atoms with Crippen molar-refractivity contribution in [3.05, 3.63) is 0 Å². The minimum Gasteiger partial charge on any atom is -0.462 e. The Kier molecular flexibility index (Phi) is 8.37. The maximum absolute atomic E-state index is 12.6. The smallest absolute Gasteiger partial charge is 0.303 e. The van der Waals surface area contributed by atoms with E-state index >= 15 is 0 Å². The zero-order valence-corrected chi connectivity index (χ0v) is 27.2. The molecule has 4 aliphatic carbocycles. The Hall–Kier alpha value is -1.86. The number of rotatable bonds is 7. The first-order valence-corrected chi connectivity index (χ1v) is 15.9. The van der Waals surface area contributed by atoms with Crippen molar-refractivity contribution in [2.75, 3.05) is 0 Å². The van der Waals surface area contributed by atoms with E-state index in [-0.39, 0.29) is 69.3 Å². The standard InChI is InChI=1S/C33H53BO7/c1-19(35)39-23-18-25-30(6)14-12-26(40-20(2)36)29(4,5)24(30)11-16-31(25,7)32(8)15-10-22(28(23)32)33(9,41-21(3)37)17-13-27(34)38/h22-26,28H,10-18,34H2,1-9H3/t22?,23?,24?,25?,26-,28-,30-,31+,32+,33?/m0/s1. The van der Waals surface area contributed by atoms with Crippen molar-refractivity contribution in [1.82, 2.24) is 0 Å². The van der Waals surface area contributed by atoms with Gasteiger partial charge in [0.1, 0.15) is 17.8 Å². The van der Waals surface area contributed by atoms with E-state index in [0.717, 1.165) is 44.9 Å². The van der Waals surface area contributed by atoms with Crippen molar-refractivity contribution in [3.63, 3.8) is 0 Å². The molecular formula is C33H53BO7.